The predicted octanol–water partition coefficient (Wildman–Crippen LogP) is 3.04. The average Bonchev–Trinajstić information content (AvgIpc) is 2.77. The van der Waals surface area contributed by atoms with Crippen LogP contribution in [0.3, 0.4) is 0 Å². The Morgan fingerprint density at radius 3 is 2.45 bits per heavy atom. The molecule has 0 fully saturated rings. The minimum atomic E-state index is -4.09. The number of carbonyl (C=O) groups is 1. The summed E-state index contributed by atoms with van der Waals surface area (Å²) >= 11 is 1.39. The van der Waals surface area contributed by atoms with Crippen molar-refractivity contribution in [1.82, 2.24) is 10.2 Å². The van der Waals surface area contributed by atoms with Crippen LogP contribution in [0.25, 0.3) is 0 Å². The van der Waals surface area contributed by atoms with Crippen molar-refractivity contribution in [2.45, 2.75) is 27.1 Å². The molecule has 0 saturated heterocycles. The van der Waals surface area contributed by atoms with Crippen molar-refractivity contribution >= 4 is 27.7 Å². The molecule has 0 spiro atoms. The molecule has 1 amide bonds. The van der Waals surface area contributed by atoms with Gasteiger partial charge in [-0.05, 0) is 54.4 Å². The van der Waals surface area contributed by atoms with E-state index in [0.717, 1.165) is 4.90 Å². The lowest BCUT2D eigenvalue weighted by molar-refractivity contribution is -0.130. The SMILES string of the molecule is O=C(NO)[C@H](Cc1ccc(O)cc1)NS(=O)(=O)c1ccc2c(c1)Sc1ccccc1O2. The van der Waals surface area contributed by atoms with Crippen LogP contribution in [0.4, 0.5) is 0 Å². The van der Waals surface area contributed by atoms with Crippen LogP contribution < -0.4 is 14.9 Å². The first kappa shape index (κ1) is 21.2. The molecular formula is C21H18N2O6S2. The molecule has 8 nitrogen and oxygen atoms in total. The highest BCUT2D eigenvalue weighted by molar-refractivity contribution is 7.99. The number of aromatic hydroxyl groups is 1. The largest absolute Gasteiger partial charge is 0.508 e. The van der Waals surface area contributed by atoms with Gasteiger partial charge in [-0.25, -0.2) is 13.9 Å². The van der Waals surface area contributed by atoms with Crippen molar-refractivity contribution in [3.63, 3.8) is 0 Å². The highest BCUT2D eigenvalue weighted by Crippen LogP contribution is 2.47. The molecular weight excluding hydrogens is 440 g/mol. The number of sulfonamides is 1. The average molecular weight is 459 g/mol. The van der Waals surface area contributed by atoms with Gasteiger partial charge in [0.2, 0.25) is 10.0 Å². The summed E-state index contributed by atoms with van der Waals surface area (Å²) < 4.78 is 34.1. The Morgan fingerprint density at radius 1 is 1.00 bits per heavy atom. The van der Waals surface area contributed by atoms with Crippen molar-refractivity contribution in [2.24, 2.45) is 0 Å². The Balaban J connectivity index is 1.58. The van der Waals surface area contributed by atoms with E-state index in [2.05, 4.69) is 4.72 Å². The number of benzene rings is 3. The van der Waals surface area contributed by atoms with E-state index in [-0.39, 0.29) is 17.1 Å². The quantitative estimate of drug-likeness (QED) is 0.259. The summed E-state index contributed by atoms with van der Waals surface area (Å²) in [7, 11) is -4.09. The topological polar surface area (TPSA) is 125 Å². The van der Waals surface area contributed by atoms with Crippen LogP contribution in [0, 0.1) is 0 Å². The van der Waals surface area contributed by atoms with Crippen molar-refractivity contribution in [2.75, 3.05) is 0 Å². The van der Waals surface area contributed by atoms with Gasteiger partial charge >= 0.3 is 0 Å². The number of carbonyl (C=O) groups excluding carboxylic acids is 1. The molecule has 4 N–H and O–H groups in total. The second kappa shape index (κ2) is 8.60. The molecule has 0 unspecified atom stereocenters. The van der Waals surface area contributed by atoms with Crippen LogP contribution in [0.1, 0.15) is 5.56 Å². The van der Waals surface area contributed by atoms with Gasteiger partial charge in [-0.15, -0.1) is 0 Å². The maximum atomic E-state index is 13.0. The van der Waals surface area contributed by atoms with E-state index in [9.17, 15) is 18.3 Å². The molecule has 0 saturated carbocycles. The minimum absolute atomic E-state index is 0.0257. The number of nitrogens with one attached hydrogen (secondary N) is 2. The number of hydroxylamine groups is 1. The molecule has 3 aromatic rings. The van der Waals surface area contributed by atoms with E-state index in [1.807, 2.05) is 24.3 Å². The van der Waals surface area contributed by atoms with Crippen LogP contribution in [0.5, 0.6) is 17.2 Å². The molecule has 3 aromatic carbocycles. The summed E-state index contributed by atoms with van der Waals surface area (Å²) in [4.78, 5) is 13.6. The molecule has 1 aliphatic heterocycles. The van der Waals surface area contributed by atoms with Gasteiger partial charge in [0.15, 0.2) is 0 Å². The molecule has 0 bridgehead atoms. The van der Waals surface area contributed by atoms with Crippen molar-refractivity contribution < 1.29 is 28.3 Å². The van der Waals surface area contributed by atoms with Crippen LogP contribution in [-0.4, -0.2) is 30.7 Å². The summed E-state index contributed by atoms with van der Waals surface area (Å²) in [6.45, 7) is 0. The van der Waals surface area contributed by atoms with Gasteiger partial charge in [-0.1, -0.05) is 36.0 Å². The monoisotopic (exact) mass is 458 g/mol. The third-order valence-electron chi connectivity index (χ3n) is 4.61. The third-order valence-corrected chi connectivity index (χ3v) is 7.18. The third kappa shape index (κ3) is 4.67. The first-order valence-electron chi connectivity index (χ1n) is 9.19. The van der Waals surface area contributed by atoms with E-state index in [4.69, 9.17) is 9.94 Å². The zero-order chi connectivity index (χ0) is 22.0. The Labute approximate surface area is 182 Å². The summed E-state index contributed by atoms with van der Waals surface area (Å²) in [5.74, 6) is 0.378. The Hall–Kier alpha value is -3.05. The van der Waals surface area contributed by atoms with Gasteiger partial charge in [-0.2, -0.15) is 4.72 Å². The fraction of sp³-hybridized carbons (Fsp3) is 0.0952. The van der Waals surface area contributed by atoms with Crippen molar-refractivity contribution in [1.29, 1.82) is 0 Å². The number of phenolic OH excluding ortho intramolecular Hbond substituents is 1. The maximum Gasteiger partial charge on any atom is 0.261 e. The molecule has 10 heteroatoms. The number of hydrogen-bond donors (Lipinski definition) is 4. The lowest BCUT2D eigenvalue weighted by Crippen LogP contribution is -2.47. The number of rotatable bonds is 6. The summed E-state index contributed by atoms with van der Waals surface area (Å²) in [6.07, 6.45) is -0.0257. The lowest BCUT2D eigenvalue weighted by Gasteiger charge is -2.21. The van der Waals surface area contributed by atoms with E-state index >= 15 is 0 Å². The molecule has 160 valence electrons. The maximum absolute atomic E-state index is 13.0. The number of hydrogen-bond acceptors (Lipinski definition) is 7. The highest BCUT2D eigenvalue weighted by Gasteiger charge is 2.27. The standard InChI is InChI=1S/C21H18N2O6S2/c24-14-7-5-13(6-8-14)11-16(21(25)22-26)23-31(27,28)15-9-10-18-20(12-15)30-19-4-2-1-3-17(19)29-18/h1-10,12,16,23-24,26H,11H2,(H,22,25)/t16-/m0/s1. The fourth-order valence-corrected chi connectivity index (χ4v) is 5.35. The molecule has 0 aliphatic carbocycles. The first-order chi connectivity index (χ1) is 14.9. The van der Waals surface area contributed by atoms with Crippen molar-refractivity contribution in [3.05, 3.63) is 72.3 Å². The predicted molar refractivity (Wildman–Crippen MR) is 113 cm³/mol. The second-order valence-electron chi connectivity index (χ2n) is 6.78. The summed E-state index contributed by atoms with van der Waals surface area (Å²) in [5, 5.41) is 18.4. The van der Waals surface area contributed by atoms with Gasteiger partial charge < -0.3 is 9.84 Å². The van der Waals surface area contributed by atoms with E-state index in [1.54, 1.807) is 18.2 Å². The van der Waals surface area contributed by atoms with E-state index in [0.29, 0.717) is 22.0 Å². The Kier molecular flexibility index (Phi) is 5.88. The number of para-hydroxylation sites is 1. The lowest BCUT2D eigenvalue weighted by atomic mass is 10.1. The second-order valence-corrected chi connectivity index (χ2v) is 9.58. The molecule has 1 heterocycles. The molecule has 0 aromatic heterocycles. The molecule has 1 atom stereocenters. The van der Waals surface area contributed by atoms with Crippen LogP contribution >= 0.6 is 11.8 Å². The zero-order valence-corrected chi connectivity index (χ0v) is 17.6. The van der Waals surface area contributed by atoms with Gasteiger partial charge in [0.1, 0.15) is 23.3 Å². The number of amides is 1. The van der Waals surface area contributed by atoms with Crippen LogP contribution in [0.2, 0.25) is 0 Å². The van der Waals surface area contributed by atoms with Gasteiger partial charge in [-0.3, -0.25) is 10.0 Å². The summed E-state index contributed by atoms with van der Waals surface area (Å²) in [5.41, 5.74) is 2.09. The van der Waals surface area contributed by atoms with Crippen LogP contribution in [0.15, 0.2) is 81.4 Å². The van der Waals surface area contributed by atoms with Gasteiger partial charge in [0.25, 0.3) is 5.91 Å². The summed E-state index contributed by atoms with van der Waals surface area (Å²) in [6, 6.07) is 16.6. The number of ether oxygens (including phenoxy) is 1. The van der Waals surface area contributed by atoms with E-state index < -0.39 is 22.0 Å². The zero-order valence-electron chi connectivity index (χ0n) is 16.0. The Bertz CT molecular complexity index is 1230. The first-order valence-corrected chi connectivity index (χ1v) is 11.5. The van der Waals surface area contributed by atoms with Gasteiger partial charge in [0, 0.05) is 0 Å². The Morgan fingerprint density at radius 2 is 1.71 bits per heavy atom. The van der Waals surface area contributed by atoms with Crippen molar-refractivity contribution in [3.8, 4) is 17.2 Å². The van der Waals surface area contributed by atoms with Gasteiger partial charge in [0.05, 0.1) is 14.7 Å². The van der Waals surface area contributed by atoms with E-state index in [1.165, 1.54) is 41.5 Å². The molecule has 1 aliphatic rings. The molecule has 31 heavy (non-hydrogen) atoms. The highest BCUT2D eigenvalue weighted by atomic mass is 32.2. The van der Waals surface area contributed by atoms with Crippen LogP contribution in [-0.2, 0) is 21.2 Å². The fourth-order valence-electron chi connectivity index (χ4n) is 3.06. The molecule has 4 rings (SSSR count). The normalized spacial score (nSPS) is 13.5. The number of fused-ring (bicyclic) bond motifs is 2. The number of phenols is 1. The smallest absolute Gasteiger partial charge is 0.261 e. The molecule has 0 radical (unpaired) electrons. The minimum Gasteiger partial charge on any atom is -0.508 e.